The first-order valence-corrected chi connectivity index (χ1v) is 12.0. The number of benzene rings is 2. The van der Waals surface area contributed by atoms with Crippen LogP contribution in [0, 0.1) is 0 Å². The molecule has 2 aromatic carbocycles. The lowest BCUT2D eigenvalue weighted by molar-refractivity contribution is -0.147. The van der Waals surface area contributed by atoms with E-state index in [-0.39, 0.29) is 18.9 Å². The summed E-state index contributed by atoms with van der Waals surface area (Å²) >= 11 is 0. The minimum absolute atomic E-state index is 0.162. The Balaban J connectivity index is 1.65. The topological polar surface area (TPSA) is 197 Å². The molecule has 0 aliphatic rings. The van der Waals surface area contributed by atoms with E-state index in [4.69, 9.17) is 20.7 Å². The van der Waals surface area contributed by atoms with Crippen molar-refractivity contribution < 1.29 is 38.9 Å². The first kappa shape index (κ1) is 29.8. The minimum Gasteiger partial charge on any atom is -0.481 e. The number of rotatable bonds is 15. The first-order valence-electron chi connectivity index (χ1n) is 12.0. The molecule has 2 rings (SSSR count). The molecule has 0 saturated carbocycles. The van der Waals surface area contributed by atoms with Crippen LogP contribution in [-0.2, 0) is 36.9 Å². The molecule has 3 amide bonds. The van der Waals surface area contributed by atoms with Crippen LogP contribution in [0.4, 0.5) is 10.5 Å². The second kappa shape index (κ2) is 15.6. The van der Waals surface area contributed by atoms with Crippen LogP contribution >= 0.6 is 0 Å². The summed E-state index contributed by atoms with van der Waals surface area (Å²) in [6.07, 6.45) is 0.230. The van der Waals surface area contributed by atoms with E-state index in [2.05, 4.69) is 16.0 Å². The summed E-state index contributed by atoms with van der Waals surface area (Å²) in [6.45, 7) is 0.574. The summed E-state index contributed by atoms with van der Waals surface area (Å²) in [6, 6.07) is 13.3. The average Bonchev–Trinajstić information content (AvgIpc) is 2.88. The van der Waals surface area contributed by atoms with Gasteiger partial charge in [0.1, 0.15) is 12.6 Å². The molecule has 12 heteroatoms. The predicted octanol–water partition coefficient (Wildman–Crippen LogP) is 1.64. The van der Waals surface area contributed by atoms with Gasteiger partial charge in [0.15, 0.2) is 0 Å². The van der Waals surface area contributed by atoms with Crippen molar-refractivity contribution in [1.29, 1.82) is 0 Å². The largest absolute Gasteiger partial charge is 0.481 e. The SMILES string of the molecule is NC(CCCCNC(=O)OCc1ccccc1)C(=O)Nc1ccc(CC(=O)NC(CC(=O)O)C(=O)O)cc1. The number of nitrogens with two attached hydrogens (primary N) is 1. The van der Waals surface area contributed by atoms with Crippen molar-refractivity contribution in [2.75, 3.05) is 11.9 Å². The lowest BCUT2D eigenvalue weighted by Crippen LogP contribution is -2.42. The molecule has 0 bridgehead atoms. The van der Waals surface area contributed by atoms with Gasteiger partial charge in [-0.05, 0) is 42.5 Å². The standard InChI is InChI=1S/C26H32N4O8/c27-20(8-4-5-13-28-26(37)38-16-18-6-2-1-3-7-18)24(34)29-19-11-9-17(10-12-19)14-22(31)30-21(25(35)36)15-23(32)33/h1-3,6-7,9-12,20-21H,4-5,8,13-16,27H2,(H,28,37)(H,29,34)(H,30,31)(H,32,33)(H,35,36). The van der Waals surface area contributed by atoms with Crippen molar-refractivity contribution in [1.82, 2.24) is 10.6 Å². The number of carboxylic acid groups (broad SMARTS) is 2. The van der Waals surface area contributed by atoms with E-state index in [0.29, 0.717) is 37.1 Å². The monoisotopic (exact) mass is 528 g/mol. The van der Waals surface area contributed by atoms with Crippen LogP contribution in [0.5, 0.6) is 0 Å². The second-order valence-electron chi connectivity index (χ2n) is 8.51. The van der Waals surface area contributed by atoms with Crippen molar-refractivity contribution in [3.8, 4) is 0 Å². The first-order chi connectivity index (χ1) is 18.1. The van der Waals surface area contributed by atoms with Gasteiger partial charge in [-0.2, -0.15) is 0 Å². The lowest BCUT2D eigenvalue weighted by atomic mass is 10.1. The average molecular weight is 529 g/mol. The fourth-order valence-electron chi connectivity index (χ4n) is 3.33. The molecular formula is C26H32N4O8. The van der Waals surface area contributed by atoms with E-state index in [1.165, 1.54) is 0 Å². The van der Waals surface area contributed by atoms with E-state index in [1.807, 2.05) is 30.3 Å². The number of anilines is 1. The predicted molar refractivity (Wildman–Crippen MR) is 137 cm³/mol. The lowest BCUT2D eigenvalue weighted by Gasteiger charge is -2.14. The van der Waals surface area contributed by atoms with Gasteiger partial charge in [-0.1, -0.05) is 42.5 Å². The molecule has 204 valence electrons. The molecule has 2 aromatic rings. The summed E-state index contributed by atoms with van der Waals surface area (Å²) in [7, 11) is 0. The van der Waals surface area contributed by atoms with Gasteiger partial charge < -0.3 is 36.6 Å². The van der Waals surface area contributed by atoms with Crippen molar-refractivity contribution in [2.24, 2.45) is 5.73 Å². The molecule has 0 aromatic heterocycles. The van der Waals surface area contributed by atoms with Crippen LogP contribution in [0.1, 0.15) is 36.8 Å². The fourth-order valence-corrected chi connectivity index (χ4v) is 3.33. The van der Waals surface area contributed by atoms with Crippen molar-refractivity contribution in [2.45, 2.75) is 50.8 Å². The number of nitrogens with one attached hydrogen (secondary N) is 3. The number of unbranched alkanes of at least 4 members (excludes halogenated alkanes) is 1. The van der Waals surface area contributed by atoms with E-state index in [0.717, 1.165) is 5.56 Å². The second-order valence-corrected chi connectivity index (χ2v) is 8.51. The zero-order valence-corrected chi connectivity index (χ0v) is 20.7. The maximum atomic E-state index is 12.3. The van der Waals surface area contributed by atoms with Crippen molar-refractivity contribution in [3.63, 3.8) is 0 Å². The Kier molecular flexibility index (Phi) is 12.2. The van der Waals surface area contributed by atoms with Crippen LogP contribution in [0.2, 0.25) is 0 Å². The molecule has 0 aliphatic carbocycles. The zero-order chi connectivity index (χ0) is 27.9. The normalized spacial score (nSPS) is 12.0. The molecule has 2 unspecified atom stereocenters. The Morgan fingerprint density at radius 2 is 1.58 bits per heavy atom. The van der Waals surface area contributed by atoms with Gasteiger partial charge in [0, 0.05) is 12.2 Å². The third kappa shape index (κ3) is 11.5. The molecular weight excluding hydrogens is 496 g/mol. The molecule has 0 radical (unpaired) electrons. The van der Waals surface area contributed by atoms with Gasteiger partial charge in [-0.15, -0.1) is 0 Å². The Bertz CT molecular complexity index is 1090. The van der Waals surface area contributed by atoms with Gasteiger partial charge in [0.2, 0.25) is 11.8 Å². The molecule has 0 spiro atoms. The summed E-state index contributed by atoms with van der Waals surface area (Å²) in [5, 5.41) is 25.3. The number of ether oxygens (including phenoxy) is 1. The van der Waals surface area contributed by atoms with Gasteiger partial charge in [0.25, 0.3) is 0 Å². The molecule has 0 heterocycles. The maximum absolute atomic E-state index is 12.3. The van der Waals surface area contributed by atoms with Gasteiger partial charge in [-0.3, -0.25) is 14.4 Å². The zero-order valence-electron chi connectivity index (χ0n) is 20.7. The molecule has 0 saturated heterocycles. The Labute approximate surface area is 219 Å². The van der Waals surface area contributed by atoms with Gasteiger partial charge in [-0.25, -0.2) is 9.59 Å². The Hall–Kier alpha value is -4.45. The number of hydrogen-bond acceptors (Lipinski definition) is 7. The highest BCUT2D eigenvalue weighted by molar-refractivity contribution is 5.94. The Morgan fingerprint density at radius 1 is 0.895 bits per heavy atom. The third-order valence-electron chi connectivity index (χ3n) is 5.36. The third-order valence-corrected chi connectivity index (χ3v) is 5.36. The molecule has 0 aliphatic heterocycles. The summed E-state index contributed by atoms with van der Waals surface area (Å²) < 4.78 is 5.12. The molecule has 7 N–H and O–H groups in total. The molecule has 12 nitrogen and oxygen atoms in total. The highest BCUT2D eigenvalue weighted by Gasteiger charge is 2.23. The number of aliphatic carboxylic acids is 2. The molecule has 0 fully saturated rings. The number of amides is 3. The number of carbonyl (C=O) groups excluding carboxylic acids is 3. The van der Waals surface area contributed by atoms with Crippen LogP contribution in [0.25, 0.3) is 0 Å². The van der Waals surface area contributed by atoms with E-state index in [1.54, 1.807) is 24.3 Å². The number of carbonyl (C=O) groups is 5. The van der Waals surface area contributed by atoms with Gasteiger partial charge in [0.05, 0.1) is 18.9 Å². The van der Waals surface area contributed by atoms with E-state index < -0.39 is 42.4 Å². The van der Waals surface area contributed by atoms with Crippen molar-refractivity contribution >= 4 is 35.5 Å². The van der Waals surface area contributed by atoms with Crippen LogP contribution in [0.15, 0.2) is 54.6 Å². The number of carboxylic acids is 2. The van der Waals surface area contributed by atoms with Crippen LogP contribution in [0.3, 0.4) is 0 Å². The summed E-state index contributed by atoms with van der Waals surface area (Å²) in [4.78, 5) is 57.9. The van der Waals surface area contributed by atoms with E-state index >= 15 is 0 Å². The summed E-state index contributed by atoms with van der Waals surface area (Å²) in [5.74, 6) is -3.81. The quantitative estimate of drug-likeness (QED) is 0.186. The molecule has 38 heavy (non-hydrogen) atoms. The fraction of sp³-hybridized carbons (Fsp3) is 0.346. The minimum atomic E-state index is -1.52. The highest BCUT2D eigenvalue weighted by atomic mass is 16.5. The smallest absolute Gasteiger partial charge is 0.407 e. The highest BCUT2D eigenvalue weighted by Crippen LogP contribution is 2.12. The van der Waals surface area contributed by atoms with Crippen LogP contribution in [-0.4, -0.2) is 58.7 Å². The maximum Gasteiger partial charge on any atom is 0.407 e. The Morgan fingerprint density at radius 3 is 2.21 bits per heavy atom. The number of hydrogen-bond donors (Lipinski definition) is 6. The van der Waals surface area contributed by atoms with Crippen molar-refractivity contribution in [3.05, 3.63) is 65.7 Å². The van der Waals surface area contributed by atoms with E-state index in [9.17, 15) is 24.0 Å². The summed E-state index contributed by atoms with van der Waals surface area (Å²) in [5.41, 5.74) is 7.85. The number of alkyl carbamates (subject to hydrolysis) is 1. The molecule has 2 atom stereocenters. The van der Waals surface area contributed by atoms with Crippen LogP contribution < -0.4 is 21.7 Å². The van der Waals surface area contributed by atoms with Gasteiger partial charge >= 0.3 is 18.0 Å².